The summed E-state index contributed by atoms with van der Waals surface area (Å²) in [6, 6.07) is 15.9. The van der Waals surface area contributed by atoms with Crippen LogP contribution in [-0.2, 0) is 10.1 Å². The average molecular weight is 424 g/mol. The van der Waals surface area contributed by atoms with Gasteiger partial charge in [0.1, 0.15) is 27.8 Å². The third-order valence-electron chi connectivity index (χ3n) is 4.65. The van der Waals surface area contributed by atoms with Crippen molar-refractivity contribution >= 4 is 43.0 Å². The van der Waals surface area contributed by atoms with Gasteiger partial charge in [-0.3, -0.25) is 4.55 Å². The number of phenolic OH excluding ortho intramolecular Hbond substituents is 2. The van der Waals surface area contributed by atoms with E-state index in [-0.39, 0.29) is 22.5 Å². The Labute approximate surface area is 171 Å². The number of aromatic hydroxyl groups is 2. The first-order valence-corrected chi connectivity index (χ1v) is 10.2. The summed E-state index contributed by atoms with van der Waals surface area (Å²) in [6.07, 6.45) is 0. The molecule has 0 spiro atoms. The van der Waals surface area contributed by atoms with E-state index >= 15 is 0 Å². The van der Waals surface area contributed by atoms with Crippen LogP contribution in [0.25, 0.3) is 21.5 Å². The molecule has 30 heavy (non-hydrogen) atoms. The number of methoxy groups -OCH3 is 1. The highest BCUT2D eigenvalue weighted by atomic mass is 32.2. The molecule has 0 aliphatic heterocycles. The largest absolute Gasteiger partial charge is 0.506 e. The number of hydrogen-bond donors (Lipinski definition) is 3. The molecule has 0 amide bonds. The van der Waals surface area contributed by atoms with Crippen molar-refractivity contribution in [3.8, 4) is 17.2 Å². The maximum Gasteiger partial charge on any atom is 0.298 e. The highest BCUT2D eigenvalue weighted by Crippen LogP contribution is 2.41. The van der Waals surface area contributed by atoms with Crippen LogP contribution in [0.2, 0.25) is 0 Å². The highest BCUT2D eigenvalue weighted by molar-refractivity contribution is 7.86. The van der Waals surface area contributed by atoms with Crippen molar-refractivity contribution < 1.29 is 27.9 Å². The summed E-state index contributed by atoms with van der Waals surface area (Å²) in [7, 11) is -3.14. The standard InChI is InChI=1S/C21H16N2O6S/c1-29-13-8-6-12-7-9-18(24)20(16(12)10-13)23-22-17-11-19(25)21(30(26,27)28)15-5-3-2-4-14(15)17/h2-11,24-25H,1H3,(H,26,27,28)/b23-22+. The molecular weight excluding hydrogens is 408 g/mol. The molecule has 0 unspecified atom stereocenters. The molecule has 0 saturated heterocycles. The Hall–Kier alpha value is -3.69. The minimum absolute atomic E-state index is 0.0951. The molecule has 0 radical (unpaired) electrons. The number of benzene rings is 4. The van der Waals surface area contributed by atoms with Crippen LogP contribution in [0.1, 0.15) is 0 Å². The summed E-state index contributed by atoms with van der Waals surface area (Å²) in [5, 5.41) is 30.7. The molecule has 0 fully saturated rings. The zero-order valence-electron chi connectivity index (χ0n) is 15.6. The zero-order valence-corrected chi connectivity index (χ0v) is 16.5. The second-order valence-electron chi connectivity index (χ2n) is 6.48. The van der Waals surface area contributed by atoms with E-state index in [1.807, 2.05) is 6.07 Å². The molecule has 0 aliphatic rings. The molecule has 4 rings (SSSR count). The number of azo groups is 1. The smallest absolute Gasteiger partial charge is 0.298 e. The van der Waals surface area contributed by atoms with Crippen molar-refractivity contribution in [1.82, 2.24) is 0 Å². The third kappa shape index (κ3) is 3.40. The van der Waals surface area contributed by atoms with Gasteiger partial charge in [0.25, 0.3) is 10.1 Å². The monoisotopic (exact) mass is 424 g/mol. The zero-order chi connectivity index (χ0) is 21.5. The summed E-state index contributed by atoms with van der Waals surface area (Å²) in [4.78, 5) is -0.602. The lowest BCUT2D eigenvalue weighted by Crippen LogP contribution is -1.99. The molecule has 3 N–H and O–H groups in total. The average Bonchev–Trinajstić information content (AvgIpc) is 2.71. The molecular formula is C21H16N2O6S. The molecule has 0 heterocycles. The van der Waals surface area contributed by atoms with Gasteiger partial charge in [-0.05, 0) is 23.6 Å². The lowest BCUT2D eigenvalue weighted by atomic mass is 10.1. The molecule has 0 saturated carbocycles. The number of nitrogens with zero attached hydrogens (tertiary/aromatic N) is 2. The van der Waals surface area contributed by atoms with Crippen molar-refractivity contribution in [2.75, 3.05) is 7.11 Å². The van der Waals surface area contributed by atoms with E-state index in [0.717, 1.165) is 11.5 Å². The van der Waals surface area contributed by atoms with E-state index in [9.17, 15) is 23.2 Å². The number of hydrogen-bond acceptors (Lipinski definition) is 7. The third-order valence-corrected chi connectivity index (χ3v) is 5.59. The van der Waals surface area contributed by atoms with Crippen LogP contribution in [0.4, 0.5) is 11.4 Å². The fourth-order valence-electron chi connectivity index (χ4n) is 3.28. The highest BCUT2D eigenvalue weighted by Gasteiger charge is 2.21. The quantitative estimate of drug-likeness (QED) is 0.310. The van der Waals surface area contributed by atoms with Crippen molar-refractivity contribution in [1.29, 1.82) is 0 Å². The minimum atomic E-state index is -4.66. The first-order valence-electron chi connectivity index (χ1n) is 8.73. The number of fused-ring (bicyclic) bond motifs is 2. The Morgan fingerprint density at radius 3 is 2.23 bits per heavy atom. The first-order chi connectivity index (χ1) is 14.3. The molecule has 4 aromatic rings. The van der Waals surface area contributed by atoms with Gasteiger partial charge in [-0.1, -0.05) is 36.4 Å². The van der Waals surface area contributed by atoms with Gasteiger partial charge in [0.15, 0.2) is 0 Å². The normalized spacial score (nSPS) is 12.1. The van der Waals surface area contributed by atoms with Gasteiger partial charge in [0, 0.05) is 22.2 Å². The molecule has 0 bridgehead atoms. The minimum Gasteiger partial charge on any atom is -0.506 e. The lowest BCUT2D eigenvalue weighted by molar-refractivity contribution is 0.415. The molecule has 4 aromatic carbocycles. The molecule has 0 aromatic heterocycles. The maximum absolute atomic E-state index is 11.7. The van der Waals surface area contributed by atoms with Crippen LogP contribution >= 0.6 is 0 Å². The Kier molecular flexibility index (Phi) is 4.76. The van der Waals surface area contributed by atoms with E-state index in [1.165, 1.54) is 19.2 Å². The number of rotatable bonds is 4. The lowest BCUT2D eigenvalue weighted by Gasteiger charge is -2.09. The summed E-state index contributed by atoms with van der Waals surface area (Å²) in [5.41, 5.74) is 0.351. The van der Waals surface area contributed by atoms with E-state index in [4.69, 9.17) is 4.74 Å². The van der Waals surface area contributed by atoms with Crippen LogP contribution < -0.4 is 4.74 Å². The summed E-state index contributed by atoms with van der Waals surface area (Å²) < 4.78 is 38.1. The summed E-state index contributed by atoms with van der Waals surface area (Å²) in [5.74, 6) is -0.193. The molecule has 0 aliphatic carbocycles. The molecule has 8 nitrogen and oxygen atoms in total. The van der Waals surface area contributed by atoms with Crippen LogP contribution in [0.15, 0.2) is 75.8 Å². The van der Waals surface area contributed by atoms with Crippen molar-refractivity contribution in [3.05, 3.63) is 60.7 Å². The van der Waals surface area contributed by atoms with Gasteiger partial charge in [0.2, 0.25) is 0 Å². The van der Waals surface area contributed by atoms with Crippen LogP contribution in [0, 0.1) is 0 Å². The van der Waals surface area contributed by atoms with Gasteiger partial charge >= 0.3 is 0 Å². The SMILES string of the molecule is COc1ccc2ccc(O)c(/N=N/c3cc(O)c(S(=O)(=O)O)c4ccccc34)c2c1. The van der Waals surface area contributed by atoms with E-state index in [0.29, 0.717) is 16.5 Å². The Morgan fingerprint density at radius 1 is 0.833 bits per heavy atom. The summed E-state index contributed by atoms with van der Waals surface area (Å²) >= 11 is 0. The van der Waals surface area contributed by atoms with Crippen LogP contribution in [0.3, 0.4) is 0 Å². The van der Waals surface area contributed by atoms with Gasteiger partial charge in [-0.25, -0.2) is 0 Å². The van der Waals surface area contributed by atoms with Gasteiger partial charge in [-0.15, -0.1) is 10.2 Å². The predicted molar refractivity (Wildman–Crippen MR) is 112 cm³/mol. The van der Waals surface area contributed by atoms with Crippen LogP contribution in [-0.4, -0.2) is 30.3 Å². The second-order valence-corrected chi connectivity index (χ2v) is 7.84. The summed E-state index contributed by atoms with van der Waals surface area (Å²) in [6.45, 7) is 0. The van der Waals surface area contributed by atoms with Crippen LogP contribution in [0.5, 0.6) is 17.2 Å². The van der Waals surface area contributed by atoms with E-state index < -0.39 is 20.8 Å². The Morgan fingerprint density at radius 2 is 1.53 bits per heavy atom. The second kappa shape index (κ2) is 7.29. The fraction of sp³-hybridized carbons (Fsp3) is 0.0476. The Bertz CT molecular complexity index is 1430. The predicted octanol–water partition coefficient (Wildman–Crippen LogP) is 5.07. The van der Waals surface area contributed by atoms with Gasteiger partial charge < -0.3 is 14.9 Å². The number of ether oxygens (including phenoxy) is 1. The van der Waals surface area contributed by atoms with Crippen molar-refractivity contribution in [2.24, 2.45) is 10.2 Å². The van der Waals surface area contributed by atoms with Gasteiger partial charge in [-0.2, -0.15) is 8.42 Å². The fourth-order valence-corrected chi connectivity index (χ4v) is 4.06. The maximum atomic E-state index is 11.7. The van der Waals surface area contributed by atoms with E-state index in [1.54, 1.807) is 36.4 Å². The number of phenols is 2. The first kappa shape index (κ1) is 19.6. The Balaban J connectivity index is 1.94. The molecule has 0 atom stereocenters. The van der Waals surface area contributed by atoms with Crippen molar-refractivity contribution in [2.45, 2.75) is 4.90 Å². The topological polar surface area (TPSA) is 129 Å². The molecule has 9 heteroatoms. The van der Waals surface area contributed by atoms with Crippen molar-refractivity contribution in [3.63, 3.8) is 0 Å². The van der Waals surface area contributed by atoms with E-state index in [2.05, 4.69) is 10.2 Å². The van der Waals surface area contributed by atoms with Gasteiger partial charge in [0.05, 0.1) is 12.8 Å². The molecule has 152 valence electrons.